The highest BCUT2D eigenvalue weighted by molar-refractivity contribution is 7.89. The van der Waals surface area contributed by atoms with Crippen LogP contribution in [0.25, 0.3) is 0 Å². The van der Waals surface area contributed by atoms with E-state index in [2.05, 4.69) is 23.0 Å². The van der Waals surface area contributed by atoms with Crippen LogP contribution in [-0.2, 0) is 29.4 Å². The molecule has 0 aliphatic rings. The van der Waals surface area contributed by atoms with Crippen molar-refractivity contribution in [3.63, 3.8) is 0 Å². The smallest absolute Gasteiger partial charge is 0.240 e. The van der Waals surface area contributed by atoms with E-state index in [-0.39, 0.29) is 23.4 Å². The summed E-state index contributed by atoms with van der Waals surface area (Å²) in [7, 11) is -3.96. The maximum absolute atomic E-state index is 13.7. The Labute approximate surface area is 193 Å². The zero-order valence-corrected chi connectivity index (χ0v) is 19.2. The monoisotopic (exact) mass is 474 g/mol. The fourth-order valence-electron chi connectivity index (χ4n) is 3.57. The first-order valence-corrected chi connectivity index (χ1v) is 12.2. The molecule has 0 fully saturated rings. The number of hydrogen-bond acceptors (Lipinski definition) is 4. The van der Waals surface area contributed by atoms with Gasteiger partial charge in [0.25, 0.3) is 0 Å². The Morgan fingerprint density at radius 2 is 1.55 bits per heavy atom. The van der Waals surface area contributed by atoms with Crippen LogP contribution in [-0.4, -0.2) is 32.2 Å². The van der Waals surface area contributed by atoms with Gasteiger partial charge in [-0.15, -0.1) is 0 Å². The molecule has 0 aromatic heterocycles. The van der Waals surface area contributed by atoms with Crippen molar-refractivity contribution < 1.29 is 22.3 Å². The predicted octanol–water partition coefficient (Wildman–Crippen LogP) is 3.57. The summed E-state index contributed by atoms with van der Waals surface area (Å²) in [6.45, 7) is 2.63. The lowest BCUT2D eigenvalue weighted by atomic mass is 10.0. The van der Waals surface area contributed by atoms with Crippen LogP contribution >= 0.6 is 0 Å². The largest absolute Gasteiger partial charge is 0.390 e. The summed E-state index contributed by atoms with van der Waals surface area (Å²) in [6, 6.07) is 17.8. The molecule has 8 heteroatoms. The van der Waals surface area contributed by atoms with Gasteiger partial charge in [0.2, 0.25) is 10.0 Å². The average Bonchev–Trinajstić information content (AvgIpc) is 2.78. The minimum Gasteiger partial charge on any atom is -0.390 e. The summed E-state index contributed by atoms with van der Waals surface area (Å²) >= 11 is 0. The van der Waals surface area contributed by atoms with Crippen LogP contribution in [0.1, 0.15) is 23.6 Å². The van der Waals surface area contributed by atoms with Gasteiger partial charge >= 0.3 is 0 Å². The lowest BCUT2D eigenvalue weighted by Gasteiger charge is -2.25. The molecule has 0 amide bonds. The van der Waals surface area contributed by atoms with E-state index in [1.165, 1.54) is 17.7 Å². The van der Waals surface area contributed by atoms with E-state index in [1.54, 1.807) is 18.2 Å². The van der Waals surface area contributed by atoms with E-state index in [0.717, 1.165) is 30.2 Å². The highest BCUT2D eigenvalue weighted by atomic mass is 32.2. The summed E-state index contributed by atoms with van der Waals surface area (Å²) in [5.74, 6) is -1.53. The van der Waals surface area contributed by atoms with Gasteiger partial charge in [-0.25, -0.2) is 21.9 Å². The minimum absolute atomic E-state index is 0.0389. The third kappa shape index (κ3) is 7.43. The first-order valence-electron chi connectivity index (χ1n) is 10.8. The van der Waals surface area contributed by atoms with Gasteiger partial charge in [-0.05, 0) is 53.8 Å². The second kappa shape index (κ2) is 11.5. The van der Waals surface area contributed by atoms with Gasteiger partial charge in [-0.3, -0.25) is 0 Å². The highest BCUT2D eigenvalue weighted by Gasteiger charge is 2.26. The Kier molecular flexibility index (Phi) is 8.68. The molecule has 3 aromatic rings. The quantitative estimate of drug-likeness (QED) is 0.397. The third-order valence-electron chi connectivity index (χ3n) is 5.28. The van der Waals surface area contributed by atoms with E-state index in [0.29, 0.717) is 6.54 Å². The Bertz CT molecular complexity index is 1140. The van der Waals surface area contributed by atoms with E-state index in [1.807, 2.05) is 18.2 Å². The van der Waals surface area contributed by atoms with Crippen molar-refractivity contribution in [2.24, 2.45) is 0 Å². The number of benzene rings is 3. The van der Waals surface area contributed by atoms with Crippen molar-refractivity contribution in [1.82, 2.24) is 10.0 Å². The third-order valence-corrected chi connectivity index (χ3v) is 6.79. The zero-order chi connectivity index (χ0) is 23.8. The number of sulfonamides is 1. The molecule has 0 heterocycles. The fraction of sp³-hybridized carbons (Fsp3) is 0.280. The van der Waals surface area contributed by atoms with Gasteiger partial charge in [0, 0.05) is 19.2 Å². The van der Waals surface area contributed by atoms with Gasteiger partial charge in [0.15, 0.2) is 0 Å². The summed E-state index contributed by atoms with van der Waals surface area (Å²) in [4.78, 5) is 0.0389. The summed E-state index contributed by atoms with van der Waals surface area (Å²) in [5, 5.41) is 14.0. The van der Waals surface area contributed by atoms with E-state index in [4.69, 9.17) is 0 Å². The number of aryl methyl sites for hydroxylation is 1. The lowest BCUT2D eigenvalue weighted by molar-refractivity contribution is 0.134. The lowest BCUT2D eigenvalue weighted by Crippen LogP contribution is -2.48. The van der Waals surface area contributed by atoms with Gasteiger partial charge in [-0.2, -0.15) is 0 Å². The van der Waals surface area contributed by atoms with E-state index < -0.39 is 33.8 Å². The molecule has 2 atom stereocenters. The Balaban J connectivity index is 1.74. The van der Waals surface area contributed by atoms with Crippen molar-refractivity contribution in [2.45, 2.75) is 43.4 Å². The van der Waals surface area contributed by atoms with Crippen LogP contribution in [0.5, 0.6) is 0 Å². The number of aliphatic hydroxyl groups excluding tert-OH is 1. The van der Waals surface area contributed by atoms with Crippen molar-refractivity contribution in [3.8, 4) is 0 Å². The molecule has 0 radical (unpaired) electrons. The first kappa shape index (κ1) is 25.0. The molecule has 0 saturated heterocycles. The molecule has 0 aliphatic heterocycles. The maximum atomic E-state index is 13.7. The first-order chi connectivity index (χ1) is 15.8. The molecule has 0 aliphatic carbocycles. The molecule has 5 nitrogen and oxygen atoms in total. The maximum Gasteiger partial charge on any atom is 0.240 e. The number of nitrogens with one attached hydrogen (secondary N) is 2. The highest BCUT2D eigenvalue weighted by Crippen LogP contribution is 2.15. The molecular weight excluding hydrogens is 446 g/mol. The molecule has 176 valence electrons. The van der Waals surface area contributed by atoms with Gasteiger partial charge in [-0.1, -0.05) is 49.4 Å². The van der Waals surface area contributed by atoms with Crippen LogP contribution in [0, 0.1) is 11.6 Å². The summed E-state index contributed by atoms with van der Waals surface area (Å²) < 4.78 is 55.6. The minimum atomic E-state index is -3.96. The molecular formula is C25H28F2N2O3S. The Morgan fingerprint density at radius 1 is 0.879 bits per heavy atom. The van der Waals surface area contributed by atoms with Crippen molar-refractivity contribution in [2.75, 3.05) is 6.54 Å². The average molecular weight is 475 g/mol. The molecule has 0 saturated carbocycles. The normalized spacial score (nSPS) is 13.6. The standard InChI is InChI=1S/C25H28F2N2O3S/c1-2-18-7-6-8-19(11-18)16-28-17-25(30)24(14-20-12-21(26)15-22(27)13-20)29-33(31,32)23-9-4-3-5-10-23/h3-13,15,24-25,28-30H,2,14,16-17H2,1H3/t24-,25+/m0/s1. The topological polar surface area (TPSA) is 78.4 Å². The number of halogens is 2. The predicted molar refractivity (Wildman–Crippen MR) is 124 cm³/mol. The van der Waals surface area contributed by atoms with Crippen molar-refractivity contribution in [1.29, 1.82) is 0 Å². The van der Waals surface area contributed by atoms with E-state index >= 15 is 0 Å². The Morgan fingerprint density at radius 3 is 2.21 bits per heavy atom. The Hall–Kier alpha value is -2.65. The molecule has 3 rings (SSSR count). The van der Waals surface area contributed by atoms with Crippen LogP contribution in [0.3, 0.4) is 0 Å². The number of aliphatic hydroxyl groups is 1. The SMILES string of the molecule is CCc1cccc(CNC[C@@H](O)[C@H](Cc2cc(F)cc(F)c2)NS(=O)(=O)c2ccccc2)c1. The molecule has 33 heavy (non-hydrogen) atoms. The van der Waals surface area contributed by atoms with Gasteiger partial charge in [0.1, 0.15) is 11.6 Å². The van der Waals surface area contributed by atoms with Crippen LogP contribution < -0.4 is 10.0 Å². The summed E-state index contributed by atoms with van der Waals surface area (Å²) in [5.41, 5.74) is 2.47. The van der Waals surface area contributed by atoms with Crippen molar-refractivity contribution >= 4 is 10.0 Å². The van der Waals surface area contributed by atoms with Crippen molar-refractivity contribution in [3.05, 3.63) is 101 Å². The molecule has 3 aromatic carbocycles. The zero-order valence-electron chi connectivity index (χ0n) is 18.3. The number of hydrogen-bond donors (Lipinski definition) is 3. The second-order valence-corrected chi connectivity index (χ2v) is 9.61. The second-order valence-electron chi connectivity index (χ2n) is 7.89. The van der Waals surface area contributed by atoms with Crippen LogP contribution in [0.2, 0.25) is 0 Å². The molecule has 0 spiro atoms. The molecule has 0 bridgehead atoms. The van der Waals surface area contributed by atoms with Gasteiger partial charge in [0.05, 0.1) is 17.0 Å². The molecule has 3 N–H and O–H groups in total. The molecule has 0 unspecified atom stereocenters. The van der Waals surface area contributed by atoms with Crippen LogP contribution in [0.15, 0.2) is 77.7 Å². The fourth-order valence-corrected chi connectivity index (χ4v) is 4.86. The van der Waals surface area contributed by atoms with Crippen LogP contribution in [0.4, 0.5) is 8.78 Å². The number of rotatable bonds is 11. The van der Waals surface area contributed by atoms with Gasteiger partial charge < -0.3 is 10.4 Å². The summed E-state index contributed by atoms with van der Waals surface area (Å²) in [6.07, 6.45) is -0.331. The van der Waals surface area contributed by atoms with E-state index in [9.17, 15) is 22.3 Å².